The Morgan fingerprint density at radius 1 is 1.20 bits per heavy atom. The second-order valence-electron chi connectivity index (χ2n) is 3.38. The van der Waals surface area contributed by atoms with Crippen molar-refractivity contribution in [2.24, 2.45) is 0 Å². The van der Waals surface area contributed by atoms with Crippen molar-refractivity contribution in [3.8, 4) is 0 Å². The van der Waals surface area contributed by atoms with E-state index in [4.69, 9.17) is 4.42 Å². The van der Waals surface area contributed by atoms with Crippen LogP contribution in [0.5, 0.6) is 0 Å². The normalized spacial score (nSPS) is 10.8. The van der Waals surface area contributed by atoms with Gasteiger partial charge in [-0.05, 0) is 25.5 Å². The lowest BCUT2D eigenvalue weighted by molar-refractivity contribution is 0.543. The fourth-order valence-electron chi connectivity index (χ4n) is 1.69. The fourth-order valence-corrected chi connectivity index (χ4v) is 1.69. The van der Waals surface area contributed by atoms with E-state index in [1.807, 2.05) is 25.2 Å². The molecule has 0 spiro atoms. The molecule has 1 heterocycles. The third kappa shape index (κ3) is 2.30. The van der Waals surface area contributed by atoms with Gasteiger partial charge >= 0.3 is 0 Å². The zero-order chi connectivity index (χ0) is 11.3. The zero-order valence-electron chi connectivity index (χ0n) is 9.55. The number of rotatable bonds is 5. The summed E-state index contributed by atoms with van der Waals surface area (Å²) in [5.41, 5.74) is 2.32. The number of hydrogen-bond donors (Lipinski definition) is 0. The van der Waals surface area contributed by atoms with Crippen LogP contribution in [0.1, 0.15) is 42.9 Å². The van der Waals surface area contributed by atoms with E-state index in [2.05, 4.69) is 20.1 Å². The van der Waals surface area contributed by atoms with Gasteiger partial charge in [-0.3, -0.25) is 0 Å². The largest absolute Gasteiger partial charge is 0.456 e. The monoisotopic (exact) mass is 202 g/mol. The van der Waals surface area contributed by atoms with Gasteiger partial charge in [0.2, 0.25) is 0 Å². The summed E-state index contributed by atoms with van der Waals surface area (Å²) in [7, 11) is 0. The average molecular weight is 202 g/mol. The highest BCUT2D eigenvalue weighted by molar-refractivity contribution is 5.68. The van der Waals surface area contributed by atoms with E-state index < -0.39 is 0 Å². The maximum absolute atomic E-state index is 5.70. The third-order valence-corrected chi connectivity index (χ3v) is 2.32. The second kappa shape index (κ2) is 5.40. The van der Waals surface area contributed by atoms with Gasteiger partial charge in [-0.1, -0.05) is 38.7 Å². The fraction of sp³-hybridized carbons (Fsp3) is 0.286. The van der Waals surface area contributed by atoms with Gasteiger partial charge in [0.1, 0.15) is 11.5 Å². The molecule has 0 bridgehead atoms. The molecule has 0 aliphatic heterocycles. The molecule has 0 saturated carbocycles. The third-order valence-electron chi connectivity index (χ3n) is 2.32. The quantitative estimate of drug-likeness (QED) is 0.682. The minimum absolute atomic E-state index is 0.875. The van der Waals surface area contributed by atoms with Crippen LogP contribution in [0.15, 0.2) is 23.7 Å². The van der Waals surface area contributed by atoms with Gasteiger partial charge in [-0.2, -0.15) is 0 Å². The van der Waals surface area contributed by atoms with Crippen LogP contribution in [-0.2, 0) is 6.42 Å². The van der Waals surface area contributed by atoms with Crippen LogP contribution in [-0.4, -0.2) is 0 Å². The predicted octanol–water partition coefficient (Wildman–Crippen LogP) is 4.55. The van der Waals surface area contributed by atoms with Gasteiger partial charge in [-0.15, -0.1) is 0 Å². The lowest BCUT2D eigenvalue weighted by Gasteiger charge is -1.97. The van der Waals surface area contributed by atoms with Crippen LogP contribution >= 0.6 is 0 Å². The van der Waals surface area contributed by atoms with Gasteiger partial charge in [0.25, 0.3) is 0 Å². The summed E-state index contributed by atoms with van der Waals surface area (Å²) in [6, 6.07) is 0. The molecule has 0 aromatic carbocycles. The molecule has 15 heavy (non-hydrogen) atoms. The van der Waals surface area contributed by atoms with E-state index in [0.717, 1.165) is 29.9 Å². The Bertz CT molecular complexity index is 380. The molecule has 0 aliphatic carbocycles. The summed E-state index contributed by atoms with van der Waals surface area (Å²) in [5, 5.41) is 0. The van der Waals surface area contributed by atoms with E-state index in [-0.39, 0.29) is 0 Å². The molecule has 0 fully saturated rings. The number of furan rings is 1. The van der Waals surface area contributed by atoms with Crippen molar-refractivity contribution in [2.45, 2.75) is 26.7 Å². The van der Waals surface area contributed by atoms with Crippen LogP contribution < -0.4 is 0 Å². The summed E-state index contributed by atoms with van der Waals surface area (Å²) in [6.07, 6.45) is 9.65. The van der Waals surface area contributed by atoms with Crippen LogP contribution in [0.4, 0.5) is 0 Å². The molecule has 0 amide bonds. The molecule has 80 valence electrons. The zero-order valence-corrected chi connectivity index (χ0v) is 9.55. The van der Waals surface area contributed by atoms with E-state index >= 15 is 0 Å². The van der Waals surface area contributed by atoms with Crippen LogP contribution in [0.25, 0.3) is 18.2 Å². The van der Waals surface area contributed by atoms with Crippen LogP contribution in [0, 0.1) is 0 Å². The molecule has 1 heteroatoms. The molecule has 1 nitrogen and oxygen atoms in total. The number of allylic oxidation sites excluding steroid dienone is 1. The van der Waals surface area contributed by atoms with Crippen molar-refractivity contribution in [3.05, 3.63) is 41.9 Å². The summed E-state index contributed by atoms with van der Waals surface area (Å²) in [6.45, 7) is 11.7. The van der Waals surface area contributed by atoms with E-state index in [9.17, 15) is 0 Å². The first-order chi connectivity index (χ1) is 7.28. The Kier molecular flexibility index (Phi) is 4.17. The Hall–Kier alpha value is -1.50. The molecule has 1 rings (SSSR count). The van der Waals surface area contributed by atoms with Gasteiger partial charge in [-0.25, -0.2) is 0 Å². The first-order valence-corrected chi connectivity index (χ1v) is 5.31. The van der Waals surface area contributed by atoms with Crippen molar-refractivity contribution in [1.82, 2.24) is 0 Å². The molecule has 1 aromatic heterocycles. The maximum Gasteiger partial charge on any atom is 0.134 e. The Labute approximate surface area is 91.8 Å². The highest BCUT2D eigenvalue weighted by atomic mass is 16.3. The Morgan fingerprint density at radius 3 is 2.40 bits per heavy atom. The second-order valence-corrected chi connectivity index (χ2v) is 3.38. The van der Waals surface area contributed by atoms with Gasteiger partial charge in [0, 0.05) is 11.1 Å². The minimum Gasteiger partial charge on any atom is -0.456 e. The maximum atomic E-state index is 5.70. The molecule has 0 N–H and O–H groups in total. The van der Waals surface area contributed by atoms with E-state index in [1.54, 1.807) is 6.08 Å². The molecule has 0 radical (unpaired) electrons. The summed E-state index contributed by atoms with van der Waals surface area (Å²) in [5.74, 6) is 1.76. The highest BCUT2D eigenvalue weighted by Crippen LogP contribution is 2.27. The van der Waals surface area contributed by atoms with Crippen LogP contribution in [0.2, 0.25) is 0 Å². The lowest BCUT2D eigenvalue weighted by atomic mass is 10.0. The minimum atomic E-state index is 0.875. The molecular formula is C14H18O. The molecular weight excluding hydrogens is 184 g/mol. The van der Waals surface area contributed by atoms with Gasteiger partial charge < -0.3 is 4.42 Å². The van der Waals surface area contributed by atoms with Gasteiger partial charge in [0.15, 0.2) is 0 Å². The topological polar surface area (TPSA) is 13.1 Å². The van der Waals surface area contributed by atoms with Crippen LogP contribution in [0.3, 0.4) is 0 Å². The van der Waals surface area contributed by atoms with Gasteiger partial charge in [0.05, 0.1) is 0 Å². The summed E-state index contributed by atoms with van der Waals surface area (Å²) >= 11 is 0. The molecule has 0 atom stereocenters. The van der Waals surface area contributed by atoms with E-state index in [0.29, 0.717) is 0 Å². The summed E-state index contributed by atoms with van der Waals surface area (Å²) in [4.78, 5) is 0. The summed E-state index contributed by atoms with van der Waals surface area (Å²) < 4.78 is 5.70. The molecule has 1 aromatic rings. The smallest absolute Gasteiger partial charge is 0.134 e. The van der Waals surface area contributed by atoms with E-state index in [1.165, 1.54) is 5.56 Å². The SMILES string of the molecule is C=Cc1oc(/C=C\C)c(C=C)c1CCC. The molecule has 0 unspecified atom stereocenters. The Balaban J connectivity index is 3.31. The van der Waals surface area contributed by atoms with Crippen molar-refractivity contribution in [1.29, 1.82) is 0 Å². The number of hydrogen-bond acceptors (Lipinski definition) is 1. The van der Waals surface area contributed by atoms with Crippen molar-refractivity contribution >= 4 is 18.2 Å². The Morgan fingerprint density at radius 2 is 1.93 bits per heavy atom. The molecule has 0 aliphatic rings. The van der Waals surface area contributed by atoms with Crippen molar-refractivity contribution in [3.63, 3.8) is 0 Å². The average Bonchev–Trinajstić information content (AvgIpc) is 2.57. The first-order valence-electron chi connectivity index (χ1n) is 5.31. The lowest BCUT2D eigenvalue weighted by Crippen LogP contribution is -1.86. The van der Waals surface area contributed by atoms with Crippen molar-refractivity contribution < 1.29 is 4.42 Å². The standard InChI is InChI=1S/C14H18O/c1-5-9-12-11(7-3)14(10-6-2)15-13(12)8-4/h6-8,10H,3-5,9H2,1-2H3/b10-6-. The van der Waals surface area contributed by atoms with Crippen molar-refractivity contribution in [2.75, 3.05) is 0 Å². The molecule has 0 saturated heterocycles. The first kappa shape index (κ1) is 11.6. The highest BCUT2D eigenvalue weighted by Gasteiger charge is 2.13. The predicted molar refractivity (Wildman–Crippen MR) is 67.6 cm³/mol.